The highest BCUT2D eigenvalue weighted by molar-refractivity contribution is 7.13. The second kappa shape index (κ2) is 3.09. The molecule has 0 radical (unpaired) electrons. The Bertz CT molecular complexity index is 478. The molecule has 0 saturated heterocycles. The van der Waals surface area contributed by atoms with E-state index in [0.29, 0.717) is 10.6 Å². The van der Waals surface area contributed by atoms with E-state index in [9.17, 15) is 4.79 Å². The van der Waals surface area contributed by atoms with Gasteiger partial charge in [0.05, 0.1) is 10.4 Å². The van der Waals surface area contributed by atoms with E-state index in [4.69, 9.17) is 11.6 Å². The third-order valence-corrected chi connectivity index (χ3v) is 3.09. The predicted molar refractivity (Wildman–Crippen MR) is 54.8 cm³/mol. The second-order valence-corrected chi connectivity index (χ2v) is 3.97. The van der Waals surface area contributed by atoms with Crippen molar-refractivity contribution in [2.75, 3.05) is 0 Å². The van der Waals surface area contributed by atoms with Crippen LogP contribution in [-0.2, 0) is 0 Å². The Morgan fingerprint density at radius 2 is 2.31 bits per heavy atom. The van der Waals surface area contributed by atoms with E-state index in [0.717, 1.165) is 22.1 Å². The Hall–Kier alpha value is -0.930. The first kappa shape index (κ1) is 8.66. The van der Waals surface area contributed by atoms with Crippen LogP contribution in [0, 0.1) is 6.92 Å². The quantitative estimate of drug-likeness (QED) is 0.679. The summed E-state index contributed by atoms with van der Waals surface area (Å²) in [5.74, 6) is 0. The Morgan fingerprint density at radius 3 is 3.00 bits per heavy atom. The third-order valence-electron chi connectivity index (χ3n) is 1.87. The third kappa shape index (κ3) is 1.34. The Morgan fingerprint density at radius 1 is 1.54 bits per heavy atom. The van der Waals surface area contributed by atoms with Gasteiger partial charge in [-0.2, -0.15) is 4.37 Å². The van der Waals surface area contributed by atoms with E-state index in [1.165, 1.54) is 11.5 Å². The fourth-order valence-electron chi connectivity index (χ4n) is 1.24. The molecule has 0 spiro atoms. The first-order chi connectivity index (χ1) is 6.22. The van der Waals surface area contributed by atoms with Crippen molar-refractivity contribution in [1.29, 1.82) is 0 Å². The highest BCUT2D eigenvalue weighted by atomic mass is 35.5. The zero-order valence-electron chi connectivity index (χ0n) is 6.87. The van der Waals surface area contributed by atoms with Crippen molar-refractivity contribution in [1.82, 2.24) is 4.37 Å². The van der Waals surface area contributed by atoms with E-state index in [-0.39, 0.29) is 0 Å². The van der Waals surface area contributed by atoms with Crippen molar-refractivity contribution >= 4 is 39.5 Å². The summed E-state index contributed by atoms with van der Waals surface area (Å²) in [7, 11) is 0. The molecule has 0 unspecified atom stereocenters. The summed E-state index contributed by atoms with van der Waals surface area (Å²) in [5, 5.41) is 1.55. The maximum absolute atomic E-state index is 10.7. The van der Waals surface area contributed by atoms with E-state index in [2.05, 4.69) is 4.37 Å². The number of aryl methyl sites for hydroxylation is 1. The molecule has 2 nitrogen and oxygen atoms in total. The zero-order chi connectivity index (χ0) is 9.42. The molecule has 2 rings (SSSR count). The summed E-state index contributed by atoms with van der Waals surface area (Å²) < 4.78 is 5.08. The van der Waals surface area contributed by atoms with Crippen LogP contribution in [0.1, 0.15) is 16.1 Å². The van der Waals surface area contributed by atoms with Crippen molar-refractivity contribution in [2.45, 2.75) is 6.92 Å². The average molecular weight is 212 g/mol. The first-order valence-electron chi connectivity index (χ1n) is 3.73. The minimum atomic E-state index is 0.581. The molecule has 1 aromatic heterocycles. The molecule has 0 bridgehead atoms. The maximum Gasteiger partial charge on any atom is 0.151 e. The number of aromatic nitrogens is 1. The van der Waals surface area contributed by atoms with Crippen molar-refractivity contribution in [2.24, 2.45) is 0 Å². The van der Waals surface area contributed by atoms with E-state index in [1.54, 1.807) is 6.07 Å². The number of benzene rings is 1. The number of carbonyl (C=O) groups excluding carboxylic acids is 1. The molecule has 0 atom stereocenters. The molecule has 0 amide bonds. The topological polar surface area (TPSA) is 30.0 Å². The smallest absolute Gasteiger partial charge is 0.151 e. The van der Waals surface area contributed by atoms with Crippen molar-refractivity contribution in [3.05, 3.63) is 28.4 Å². The van der Waals surface area contributed by atoms with E-state index >= 15 is 0 Å². The van der Waals surface area contributed by atoms with Crippen LogP contribution < -0.4 is 0 Å². The van der Waals surface area contributed by atoms with Gasteiger partial charge < -0.3 is 0 Å². The van der Waals surface area contributed by atoms with Gasteiger partial charge in [0.15, 0.2) is 6.29 Å². The number of halogens is 1. The lowest BCUT2D eigenvalue weighted by Crippen LogP contribution is -1.80. The van der Waals surface area contributed by atoms with Gasteiger partial charge in [0, 0.05) is 16.0 Å². The number of fused-ring (bicyclic) bond motifs is 1. The van der Waals surface area contributed by atoms with Crippen LogP contribution in [-0.4, -0.2) is 10.7 Å². The zero-order valence-corrected chi connectivity index (χ0v) is 8.45. The van der Waals surface area contributed by atoms with Crippen LogP contribution in [0.5, 0.6) is 0 Å². The molecule has 0 saturated carbocycles. The lowest BCUT2D eigenvalue weighted by Gasteiger charge is -1.95. The number of hydrogen-bond acceptors (Lipinski definition) is 3. The molecule has 0 aliphatic heterocycles. The monoisotopic (exact) mass is 211 g/mol. The van der Waals surface area contributed by atoms with Crippen molar-refractivity contribution < 1.29 is 4.79 Å². The Balaban J connectivity index is 2.91. The number of hydrogen-bond donors (Lipinski definition) is 0. The molecular formula is C9H6ClNOS. The standard InChI is InChI=1S/C9H6ClNOS/c1-5-8-3-7(10)2-6(4-12)9(8)13-11-5/h2-4H,1H3. The molecule has 66 valence electrons. The highest BCUT2D eigenvalue weighted by Crippen LogP contribution is 2.28. The number of carbonyl (C=O) groups is 1. The SMILES string of the molecule is Cc1nsc2c(C=O)cc(Cl)cc12. The Kier molecular flexibility index (Phi) is 2.06. The molecule has 2 aromatic rings. The number of rotatable bonds is 1. The normalized spacial score (nSPS) is 10.6. The average Bonchev–Trinajstić information content (AvgIpc) is 2.47. The number of aldehydes is 1. The van der Waals surface area contributed by atoms with Gasteiger partial charge in [-0.25, -0.2) is 0 Å². The van der Waals surface area contributed by atoms with Gasteiger partial charge in [0.1, 0.15) is 0 Å². The van der Waals surface area contributed by atoms with Gasteiger partial charge >= 0.3 is 0 Å². The predicted octanol–water partition coefficient (Wildman–Crippen LogP) is 3.07. The van der Waals surface area contributed by atoms with E-state index in [1.807, 2.05) is 13.0 Å². The van der Waals surface area contributed by atoms with Crippen molar-refractivity contribution in [3.8, 4) is 0 Å². The van der Waals surface area contributed by atoms with E-state index < -0.39 is 0 Å². The molecule has 0 fully saturated rings. The lowest BCUT2D eigenvalue weighted by molar-refractivity contribution is 0.112. The molecule has 1 aromatic carbocycles. The molecule has 0 aliphatic carbocycles. The van der Waals surface area contributed by atoms with Crippen LogP contribution in [0.15, 0.2) is 12.1 Å². The molecular weight excluding hydrogens is 206 g/mol. The summed E-state index contributed by atoms with van der Waals surface area (Å²) in [6.07, 6.45) is 0.811. The van der Waals surface area contributed by atoms with Gasteiger partial charge in [-0.1, -0.05) is 11.6 Å². The summed E-state index contributed by atoms with van der Waals surface area (Å²) in [5.41, 5.74) is 1.54. The molecule has 0 N–H and O–H groups in total. The summed E-state index contributed by atoms with van der Waals surface area (Å²) in [6.45, 7) is 1.91. The van der Waals surface area contributed by atoms with Crippen LogP contribution in [0.25, 0.3) is 10.1 Å². The highest BCUT2D eigenvalue weighted by Gasteiger charge is 2.07. The molecule has 13 heavy (non-hydrogen) atoms. The minimum absolute atomic E-state index is 0.581. The molecule has 4 heteroatoms. The van der Waals surface area contributed by atoms with Gasteiger partial charge in [-0.05, 0) is 30.6 Å². The first-order valence-corrected chi connectivity index (χ1v) is 4.88. The fraction of sp³-hybridized carbons (Fsp3) is 0.111. The summed E-state index contributed by atoms with van der Waals surface area (Å²) in [4.78, 5) is 10.7. The fourth-order valence-corrected chi connectivity index (χ4v) is 2.31. The number of nitrogens with zero attached hydrogens (tertiary/aromatic N) is 1. The van der Waals surface area contributed by atoms with Gasteiger partial charge in [-0.15, -0.1) is 0 Å². The maximum atomic E-state index is 10.7. The largest absolute Gasteiger partial charge is 0.298 e. The van der Waals surface area contributed by atoms with Crippen LogP contribution >= 0.6 is 23.1 Å². The van der Waals surface area contributed by atoms with Gasteiger partial charge in [0.2, 0.25) is 0 Å². The molecule has 0 aliphatic rings. The van der Waals surface area contributed by atoms with Crippen molar-refractivity contribution in [3.63, 3.8) is 0 Å². The molecule has 1 heterocycles. The summed E-state index contributed by atoms with van der Waals surface area (Å²) >= 11 is 7.18. The Labute approximate surface area is 84.3 Å². The lowest BCUT2D eigenvalue weighted by atomic mass is 10.1. The second-order valence-electron chi connectivity index (χ2n) is 2.76. The van der Waals surface area contributed by atoms with Crippen LogP contribution in [0.4, 0.5) is 0 Å². The van der Waals surface area contributed by atoms with Gasteiger partial charge in [-0.3, -0.25) is 4.79 Å². The summed E-state index contributed by atoms with van der Waals surface area (Å²) in [6, 6.07) is 3.50. The van der Waals surface area contributed by atoms with Crippen LogP contribution in [0.3, 0.4) is 0 Å². The van der Waals surface area contributed by atoms with Gasteiger partial charge in [0.25, 0.3) is 0 Å². The van der Waals surface area contributed by atoms with Crippen LogP contribution in [0.2, 0.25) is 5.02 Å². The minimum Gasteiger partial charge on any atom is -0.298 e.